The summed E-state index contributed by atoms with van der Waals surface area (Å²) >= 11 is 0. The molecule has 1 N–H and O–H groups in total. The summed E-state index contributed by atoms with van der Waals surface area (Å²) in [6.07, 6.45) is 8.33. The third kappa shape index (κ3) is 5.68. The fourth-order valence-electron chi connectivity index (χ4n) is 2.98. The van der Waals surface area contributed by atoms with E-state index in [-0.39, 0.29) is 0 Å². The van der Waals surface area contributed by atoms with Crippen molar-refractivity contribution in [3.8, 4) is 0 Å². The SMILES string of the molecule is CN(CCCCCNC1CC1)CC1CCN(C)C1. The highest BCUT2D eigenvalue weighted by molar-refractivity contribution is 4.80. The highest BCUT2D eigenvalue weighted by Gasteiger charge is 2.20. The first kappa shape index (κ1) is 14.3. The van der Waals surface area contributed by atoms with Crippen molar-refractivity contribution in [2.24, 2.45) is 5.92 Å². The molecule has 3 nitrogen and oxygen atoms in total. The summed E-state index contributed by atoms with van der Waals surface area (Å²) in [5.41, 5.74) is 0. The standard InChI is InChI=1S/C15H31N3/c1-17(12-14-8-11-18(2)13-14)10-5-3-4-9-16-15-6-7-15/h14-16H,3-13H2,1-2H3. The van der Waals surface area contributed by atoms with Crippen LogP contribution in [0.15, 0.2) is 0 Å². The molecule has 0 aromatic rings. The van der Waals surface area contributed by atoms with Gasteiger partial charge in [0, 0.05) is 19.1 Å². The van der Waals surface area contributed by atoms with Crippen LogP contribution in [0.2, 0.25) is 0 Å². The van der Waals surface area contributed by atoms with E-state index in [2.05, 4.69) is 29.2 Å². The maximum atomic E-state index is 3.59. The van der Waals surface area contributed by atoms with Crippen LogP contribution < -0.4 is 5.32 Å². The van der Waals surface area contributed by atoms with Crippen molar-refractivity contribution in [3.63, 3.8) is 0 Å². The van der Waals surface area contributed by atoms with Crippen LogP contribution in [0.4, 0.5) is 0 Å². The highest BCUT2D eigenvalue weighted by atomic mass is 15.1. The molecule has 3 heteroatoms. The third-order valence-electron chi connectivity index (χ3n) is 4.29. The zero-order valence-corrected chi connectivity index (χ0v) is 12.3. The molecule has 0 radical (unpaired) electrons. The van der Waals surface area contributed by atoms with Gasteiger partial charge in [0.2, 0.25) is 0 Å². The lowest BCUT2D eigenvalue weighted by Crippen LogP contribution is -2.28. The minimum atomic E-state index is 0.882. The van der Waals surface area contributed by atoms with E-state index in [0.29, 0.717) is 0 Å². The van der Waals surface area contributed by atoms with Crippen molar-refractivity contribution in [2.75, 3.05) is 46.8 Å². The van der Waals surface area contributed by atoms with Crippen molar-refractivity contribution in [1.82, 2.24) is 15.1 Å². The van der Waals surface area contributed by atoms with Crippen LogP contribution in [0.25, 0.3) is 0 Å². The topological polar surface area (TPSA) is 18.5 Å². The molecule has 1 heterocycles. The zero-order valence-electron chi connectivity index (χ0n) is 12.3. The van der Waals surface area contributed by atoms with Crippen molar-refractivity contribution < 1.29 is 0 Å². The molecule has 0 amide bonds. The number of rotatable bonds is 9. The number of nitrogens with zero attached hydrogens (tertiary/aromatic N) is 2. The quantitative estimate of drug-likeness (QED) is 0.632. The molecule has 0 bridgehead atoms. The van der Waals surface area contributed by atoms with Gasteiger partial charge < -0.3 is 15.1 Å². The van der Waals surface area contributed by atoms with E-state index in [1.807, 2.05) is 0 Å². The second kappa shape index (κ2) is 7.46. The Bertz CT molecular complexity index is 228. The Morgan fingerprint density at radius 2 is 2.00 bits per heavy atom. The first-order valence-corrected chi connectivity index (χ1v) is 7.84. The molecule has 2 fully saturated rings. The molecule has 1 saturated heterocycles. The lowest BCUT2D eigenvalue weighted by atomic mass is 10.1. The van der Waals surface area contributed by atoms with Gasteiger partial charge in [-0.3, -0.25) is 0 Å². The Morgan fingerprint density at radius 1 is 1.17 bits per heavy atom. The molecule has 2 aliphatic rings. The third-order valence-corrected chi connectivity index (χ3v) is 4.29. The summed E-state index contributed by atoms with van der Waals surface area (Å²) in [7, 11) is 4.54. The van der Waals surface area contributed by atoms with E-state index in [4.69, 9.17) is 0 Å². The second-order valence-electron chi connectivity index (χ2n) is 6.47. The summed E-state index contributed by atoms with van der Waals surface area (Å²) in [4.78, 5) is 5.00. The molecule has 106 valence electrons. The minimum absolute atomic E-state index is 0.882. The fraction of sp³-hybridized carbons (Fsp3) is 1.00. The van der Waals surface area contributed by atoms with Crippen molar-refractivity contribution in [3.05, 3.63) is 0 Å². The molecule has 1 unspecified atom stereocenters. The van der Waals surface area contributed by atoms with Crippen molar-refractivity contribution in [2.45, 2.75) is 44.6 Å². The van der Waals surface area contributed by atoms with E-state index in [9.17, 15) is 0 Å². The maximum absolute atomic E-state index is 3.59. The van der Waals surface area contributed by atoms with E-state index < -0.39 is 0 Å². The van der Waals surface area contributed by atoms with Crippen LogP contribution in [0.5, 0.6) is 0 Å². The van der Waals surface area contributed by atoms with Crippen LogP contribution in [0.1, 0.15) is 38.5 Å². The van der Waals surface area contributed by atoms with Gasteiger partial charge in [0.1, 0.15) is 0 Å². The van der Waals surface area contributed by atoms with Gasteiger partial charge in [0.05, 0.1) is 0 Å². The van der Waals surface area contributed by atoms with Crippen molar-refractivity contribution >= 4 is 0 Å². The Balaban J connectivity index is 1.40. The van der Waals surface area contributed by atoms with Crippen LogP contribution in [-0.4, -0.2) is 62.7 Å². The molecule has 1 aliphatic heterocycles. The second-order valence-corrected chi connectivity index (χ2v) is 6.47. The fourth-order valence-corrected chi connectivity index (χ4v) is 2.98. The molecule has 0 spiro atoms. The molecule has 0 aromatic heterocycles. The number of hydrogen-bond acceptors (Lipinski definition) is 3. The first-order chi connectivity index (χ1) is 8.74. The van der Waals surface area contributed by atoms with Crippen LogP contribution in [-0.2, 0) is 0 Å². The smallest absolute Gasteiger partial charge is 0.00682 e. The molecular weight excluding hydrogens is 222 g/mol. The van der Waals surface area contributed by atoms with Gasteiger partial charge in [-0.15, -0.1) is 0 Å². The average molecular weight is 253 g/mol. The first-order valence-electron chi connectivity index (χ1n) is 7.84. The maximum Gasteiger partial charge on any atom is 0.00682 e. The van der Waals surface area contributed by atoms with E-state index >= 15 is 0 Å². The lowest BCUT2D eigenvalue weighted by Gasteiger charge is -2.20. The van der Waals surface area contributed by atoms with Gasteiger partial charge in [-0.2, -0.15) is 0 Å². The Kier molecular flexibility index (Phi) is 5.93. The molecule has 1 atom stereocenters. The van der Waals surface area contributed by atoms with Crippen LogP contribution in [0, 0.1) is 5.92 Å². The van der Waals surface area contributed by atoms with Gasteiger partial charge in [0.15, 0.2) is 0 Å². The molecule has 0 aromatic carbocycles. The summed E-state index contributed by atoms with van der Waals surface area (Å²) in [6.45, 7) is 6.41. The summed E-state index contributed by atoms with van der Waals surface area (Å²) in [6, 6.07) is 0.882. The van der Waals surface area contributed by atoms with Crippen LogP contribution in [0.3, 0.4) is 0 Å². The van der Waals surface area contributed by atoms with Gasteiger partial charge in [-0.1, -0.05) is 6.42 Å². The Morgan fingerprint density at radius 3 is 2.67 bits per heavy atom. The van der Waals surface area contributed by atoms with E-state index in [1.165, 1.54) is 71.2 Å². The summed E-state index contributed by atoms with van der Waals surface area (Å²) < 4.78 is 0. The van der Waals surface area contributed by atoms with E-state index in [1.54, 1.807) is 0 Å². The molecule has 1 aliphatic carbocycles. The molecular formula is C15H31N3. The largest absolute Gasteiger partial charge is 0.314 e. The highest BCUT2D eigenvalue weighted by Crippen LogP contribution is 2.18. The number of hydrogen-bond donors (Lipinski definition) is 1. The Hall–Kier alpha value is -0.120. The van der Waals surface area contributed by atoms with Gasteiger partial charge >= 0.3 is 0 Å². The monoisotopic (exact) mass is 253 g/mol. The van der Waals surface area contributed by atoms with Crippen LogP contribution >= 0.6 is 0 Å². The molecule has 1 saturated carbocycles. The molecule has 2 rings (SSSR count). The van der Waals surface area contributed by atoms with Gasteiger partial charge in [-0.25, -0.2) is 0 Å². The predicted octanol–water partition coefficient (Wildman–Crippen LogP) is 1.79. The zero-order chi connectivity index (χ0) is 12.8. The van der Waals surface area contributed by atoms with E-state index in [0.717, 1.165) is 12.0 Å². The summed E-state index contributed by atoms with van der Waals surface area (Å²) in [5, 5.41) is 3.59. The average Bonchev–Trinajstić information content (AvgIpc) is 3.07. The molecule has 18 heavy (non-hydrogen) atoms. The normalized spacial score (nSPS) is 25.2. The predicted molar refractivity (Wildman–Crippen MR) is 78.0 cm³/mol. The number of likely N-dealkylation sites (tertiary alicyclic amines) is 1. The van der Waals surface area contributed by atoms with Crippen molar-refractivity contribution in [1.29, 1.82) is 0 Å². The van der Waals surface area contributed by atoms with Gasteiger partial charge in [0.25, 0.3) is 0 Å². The number of nitrogens with one attached hydrogen (secondary N) is 1. The Labute approximate surface area is 113 Å². The minimum Gasteiger partial charge on any atom is -0.314 e. The lowest BCUT2D eigenvalue weighted by molar-refractivity contribution is 0.268. The van der Waals surface area contributed by atoms with Gasteiger partial charge in [-0.05, 0) is 71.8 Å². The number of unbranched alkanes of at least 4 members (excludes halogenated alkanes) is 2. The summed E-state index contributed by atoms with van der Waals surface area (Å²) in [5.74, 6) is 0.913.